The van der Waals surface area contributed by atoms with Gasteiger partial charge in [-0.2, -0.15) is 0 Å². The SMILES string of the molecule is CC.Cc1ccc(CCl)c(NSc2ccc(Cl)cc2)c1. The van der Waals surface area contributed by atoms with Crippen LogP contribution in [-0.4, -0.2) is 0 Å². The molecule has 0 fully saturated rings. The van der Waals surface area contributed by atoms with E-state index in [1.807, 2.05) is 44.2 Å². The van der Waals surface area contributed by atoms with Gasteiger partial charge in [-0.15, -0.1) is 11.6 Å². The second kappa shape index (κ2) is 9.17. The third-order valence-corrected chi connectivity index (χ3v) is 3.87. The molecule has 0 bridgehead atoms. The number of alkyl halides is 1. The summed E-state index contributed by atoms with van der Waals surface area (Å²) in [5.74, 6) is 0.504. The molecular formula is C16H19Cl2NS. The van der Waals surface area contributed by atoms with Crippen molar-refractivity contribution >= 4 is 40.8 Å². The second-order valence-corrected chi connectivity index (χ2v) is 5.54. The summed E-state index contributed by atoms with van der Waals surface area (Å²) < 4.78 is 3.33. The predicted octanol–water partition coefficient (Wildman–Crippen LogP) is 6.53. The highest BCUT2D eigenvalue weighted by Gasteiger charge is 2.02. The Morgan fingerprint density at radius 3 is 2.30 bits per heavy atom. The van der Waals surface area contributed by atoms with Crippen LogP contribution in [0.5, 0.6) is 0 Å². The maximum absolute atomic E-state index is 5.92. The number of benzene rings is 2. The lowest BCUT2D eigenvalue weighted by Crippen LogP contribution is -1.92. The van der Waals surface area contributed by atoms with Gasteiger partial charge in [-0.25, -0.2) is 0 Å². The number of nitrogens with one attached hydrogen (secondary N) is 1. The molecule has 0 aliphatic rings. The van der Waals surface area contributed by atoms with Crippen LogP contribution in [0.4, 0.5) is 5.69 Å². The molecule has 108 valence electrons. The number of anilines is 1. The monoisotopic (exact) mass is 327 g/mol. The molecule has 0 radical (unpaired) electrons. The molecule has 0 amide bonds. The first kappa shape index (κ1) is 17.2. The highest BCUT2D eigenvalue weighted by Crippen LogP contribution is 2.26. The predicted molar refractivity (Wildman–Crippen MR) is 93.0 cm³/mol. The molecule has 0 aliphatic heterocycles. The third kappa shape index (κ3) is 5.28. The molecule has 0 unspecified atom stereocenters. The summed E-state index contributed by atoms with van der Waals surface area (Å²) in [5, 5.41) is 0.747. The van der Waals surface area contributed by atoms with Gasteiger partial charge in [0.2, 0.25) is 0 Å². The molecular weight excluding hydrogens is 309 g/mol. The van der Waals surface area contributed by atoms with Crippen molar-refractivity contribution in [2.45, 2.75) is 31.5 Å². The van der Waals surface area contributed by atoms with Crippen LogP contribution in [0.3, 0.4) is 0 Å². The van der Waals surface area contributed by atoms with E-state index in [1.165, 1.54) is 5.56 Å². The van der Waals surface area contributed by atoms with Gasteiger partial charge < -0.3 is 4.72 Å². The van der Waals surface area contributed by atoms with E-state index in [1.54, 1.807) is 11.9 Å². The topological polar surface area (TPSA) is 12.0 Å². The number of hydrogen-bond donors (Lipinski definition) is 1. The third-order valence-electron chi connectivity index (χ3n) is 2.50. The molecule has 2 aromatic carbocycles. The van der Waals surface area contributed by atoms with E-state index in [0.29, 0.717) is 5.88 Å². The van der Waals surface area contributed by atoms with Gasteiger partial charge in [0.05, 0.1) is 0 Å². The Hall–Kier alpha value is -0.830. The molecule has 0 aromatic heterocycles. The molecule has 0 heterocycles. The fourth-order valence-corrected chi connectivity index (χ4v) is 2.57. The molecule has 20 heavy (non-hydrogen) atoms. The van der Waals surface area contributed by atoms with Crippen molar-refractivity contribution in [3.63, 3.8) is 0 Å². The van der Waals surface area contributed by atoms with Gasteiger partial charge in [0.15, 0.2) is 0 Å². The molecule has 0 saturated carbocycles. The Kier molecular flexibility index (Phi) is 7.90. The van der Waals surface area contributed by atoms with E-state index in [-0.39, 0.29) is 0 Å². The van der Waals surface area contributed by atoms with Crippen LogP contribution < -0.4 is 4.72 Å². The first-order valence-electron chi connectivity index (χ1n) is 6.53. The van der Waals surface area contributed by atoms with Crippen molar-refractivity contribution in [1.82, 2.24) is 0 Å². The van der Waals surface area contributed by atoms with Crippen LogP contribution in [0, 0.1) is 6.92 Å². The summed E-state index contributed by atoms with van der Waals surface area (Å²) in [6.07, 6.45) is 0. The molecule has 0 spiro atoms. The number of aryl methyl sites for hydroxylation is 1. The Balaban J connectivity index is 0.000000956. The Morgan fingerprint density at radius 2 is 1.70 bits per heavy atom. The van der Waals surface area contributed by atoms with Crippen molar-refractivity contribution in [3.05, 3.63) is 58.6 Å². The van der Waals surface area contributed by atoms with Gasteiger partial charge in [0.1, 0.15) is 0 Å². The molecule has 2 aromatic rings. The van der Waals surface area contributed by atoms with Crippen LogP contribution in [0.1, 0.15) is 25.0 Å². The maximum Gasteiger partial charge on any atom is 0.0494 e. The Bertz CT molecular complexity index is 527. The van der Waals surface area contributed by atoms with Gasteiger partial charge in [-0.3, -0.25) is 0 Å². The van der Waals surface area contributed by atoms with Crippen LogP contribution in [0.15, 0.2) is 47.4 Å². The lowest BCUT2D eigenvalue weighted by molar-refractivity contribution is 1.36. The zero-order chi connectivity index (χ0) is 15.0. The highest BCUT2D eigenvalue weighted by atomic mass is 35.5. The van der Waals surface area contributed by atoms with Gasteiger partial charge in [-0.1, -0.05) is 37.6 Å². The summed E-state index contributed by atoms with van der Waals surface area (Å²) in [7, 11) is 0. The summed E-state index contributed by atoms with van der Waals surface area (Å²) in [4.78, 5) is 1.11. The minimum Gasteiger partial charge on any atom is -0.325 e. The van der Waals surface area contributed by atoms with Crippen molar-refractivity contribution in [2.75, 3.05) is 4.72 Å². The van der Waals surface area contributed by atoms with E-state index in [2.05, 4.69) is 23.8 Å². The summed E-state index contributed by atoms with van der Waals surface area (Å²) >= 11 is 13.3. The summed E-state index contributed by atoms with van der Waals surface area (Å²) in [6.45, 7) is 6.07. The number of rotatable bonds is 4. The average molecular weight is 328 g/mol. The number of hydrogen-bond acceptors (Lipinski definition) is 2. The minimum absolute atomic E-state index is 0.504. The van der Waals surface area contributed by atoms with Crippen LogP contribution in [0.2, 0.25) is 5.02 Å². The fourth-order valence-electron chi connectivity index (χ4n) is 1.52. The van der Waals surface area contributed by atoms with Crippen LogP contribution >= 0.6 is 35.1 Å². The summed E-state index contributed by atoms with van der Waals surface area (Å²) in [5.41, 5.74) is 3.37. The lowest BCUT2D eigenvalue weighted by Gasteiger charge is -2.10. The normalized spacial score (nSPS) is 9.65. The first-order chi connectivity index (χ1) is 9.69. The second-order valence-electron chi connectivity index (χ2n) is 3.95. The Morgan fingerprint density at radius 1 is 1.05 bits per heavy atom. The van der Waals surface area contributed by atoms with Crippen LogP contribution in [0.25, 0.3) is 0 Å². The van der Waals surface area contributed by atoms with Crippen LogP contribution in [-0.2, 0) is 5.88 Å². The summed E-state index contributed by atoms with van der Waals surface area (Å²) in [6, 6.07) is 13.9. The van der Waals surface area contributed by atoms with Crippen molar-refractivity contribution in [3.8, 4) is 0 Å². The molecule has 0 aliphatic carbocycles. The van der Waals surface area contributed by atoms with Crippen molar-refractivity contribution in [2.24, 2.45) is 0 Å². The van der Waals surface area contributed by atoms with Gasteiger partial charge in [-0.05, 0) is 60.3 Å². The fraction of sp³-hybridized carbons (Fsp3) is 0.250. The van der Waals surface area contributed by atoms with Gasteiger partial charge in [0, 0.05) is 21.5 Å². The number of halogens is 2. The van der Waals surface area contributed by atoms with Crippen molar-refractivity contribution < 1.29 is 0 Å². The smallest absolute Gasteiger partial charge is 0.0494 e. The standard InChI is InChI=1S/C14H13Cl2NS.C2H6/c1-10-2-3-11(9-15)14(8-10)17-18-13-6-4-12(16)5-7-13;1-2/h2-8,17H,9H2,1H3;1-2H3. The van der Waals surface area contributed by atoms with Crippen molar-refractivity contribution in [1.29, 1.82) is 0 Å². The minimum atomic E-state index is 0.504. The molecule has 1 nitrogen and oxygen atoms in total. The Labute approximate surface area is 135 Å². The highest BCUT2D eigenvalue weighted by molar-refractivity contribution is 8.00. The van der Waals surface area contributed by atoms with E-state index < -0.39 is 0 Å². The quantitative estimate of drug-likeness (QED) is 0.505. The zero-order valence-corrected chi connectivity index (χ0v) is 14.2. The van der Waals surface area contributed by atoms with E-state index in [4.69, 9.17) is 23.2 Å². The van der Waals surface area contributed by atoms with E-state index >= 15 is 0 Å². The molecule has 0 atom stereocenters. The van der Waals surface area contributed by atoms with E-state index in [0.717, 1.165) is 21.2 Å². The van der Waals surface area contributed by atoms with Gasteiger partial charge in [0.25, 0.3) is 0 Å². The average Bonchev–Trinajstić information content (AvgIpc) is 2.49. The molecule has 2 rings (SSSR count). The molecule has 1 N–H and O–H groups in total. The van der Waals surface area contributed by atoms with E-state index in [9.17, 15) is 0 Å². The maximum atomic E-state index is 5.92. The molecule has 0 saturated heterocycles. The van der Waals surface area contributed by atoms with Gasteiger partial charge >= 0.3 is 0 Å². The molecule has 4 heteroatoms. The largest absolute Gasteiger partial charge is 0.325 e. The zero-order valence-electron chi connectivity index (χ0n) is 11.9. The lowest BCUT2D eigenvalue weighted by atomic mass is 10.1. The first-order valence-corrected chi connectivity index (χ1v) is 8.26.